The number of benzene rings is 1. The van der Waals surface area contributed by atoms with Crippen molar-refractivity contribution in [2.75, 3.05) is 5.32 Å². The van der Waals surface area contributed by atoms with E-state index < -0.39 is 11.9 Å². The van der Waals surface area contributed by atoms with Gasteiger partial charge in [0.1, 0.15) is 17.6 Å². The van der Waals surface area contributed by atoms with Crippen molar-refractivity contribution in [2.24, 2.45) is 5.73 Å². The van der Waals surface area contributed by atoms with E-state index in [1.54, 1.807) is 11.6 Å². The quantitative estimate of drug-likeness (QED) is 0.757. The van der Waals surface area contributed by atoms with E-state index in [0.717, 1.165) is 16.9 Å². The highest BCUT2D eigenvalue weighted by Gasteiger charge is 2.35. The molecule has 2 aromatic heterocycles. The minimum atomic E-state index is -0.553. The first kappa shape index (κ1) is 16.1. The second-order valence-electron chi connectivity index (χ2n) is 6.40. The van der Waals surface area contributed by atoms with E-state index in [4.69, 9.17) is 10.2 Å². The lowest BCUT2D eigenvalue weighted by atomic mass is 10.0. The molecule has 0 saturated heterocycles. The number of carbonyl (C=O) groups is 1. The lowest BCUT2D eigenvalue weighted by molar-refractivity contribution is -0.115. The molecule has 1 amide bonds. The van der Waals surface area contributed by atoms with Crippen LogP contribution in [0.1, 0.15) is 30.0 Å². The van der Waals surface area contributed by atoms with Crippen LogP contribution in [0.5, 0.6) is 0 Å². The fourth-order valence-electron chi connectivity index (χ4n) is 3.27. The van der Waals surface area contributed by atoms with Gasteiger partial charge in [-0.15, -0.1) is 5.10 Å². The monoisotopic (exact) mass is 349 g/mol. The first-order valence-electron chi connectivity index (χ1n) is 8.32. The minimum Gasteiger partial charge on any atom is -0.464 e. The first-order chi connectivity index (χ1) is 12.5. The fraction of sp³-hybridized carbons (Fsp3) is 0.211. The molecular weight excluding hydrogens is 330 g/mol. The third kappa shape index (κ3) is 2.48. The number of nitrogens with two attached hydrogens (primary N) is 1. The van der Waals surface area contributed by atoms with Crippen LogP contribution in [0.4, 0.5) is 5.95 Å². The Morgan fingerprint density at radius 1 is 1.19 bits per heavy atom. The molecule has 1 unspecified atom stereocenters. The van der Waals surface area contributed by atoms with Crippen molar-refractivity contribution in [3.8, 4) is 11.4 Å². The van der Waals surface area contributed by atoms with E-state index in [-0.39, 0.29) is 0 Å². The van der Waals surface area contributed by atoms with Gasteiger partial charge in [-0.1, -0.05) is 24.3 Å². The van der Waals surface area contributed by atoms with Crippen molar-refractivity contribution >= 4 is 11.9 Å². The predicted octanol–water partition coefficient (Wildman–Crippen LogP) is 2.93. The normalized spacial score (nSPS) is 16.3. The number of anilines is 1. The maximum atomic E-state index is 12.1. The summed E-state index contributed by atoms with van der Waals surface area (Å²) in [6.45, 7) is 5.66. The molecule has 0 radical (unpaired) electrons. The smallest absolute Gasteiger partial charge is 0.249 e. The van der Waals surface area contributed by atoms with Gasteiger partial charge in [-0.2, -0.15) is 4.98 Å². The highest BCUT2D eigenvalue weighted by molar-refractivity contribution is 5.95. The third-order valence-corrected chi connectivity index (χ3v) is 4.53. The predicted molar refractivity (Wildman–Crippen MR) is 97.3 cm³/mol. The summed E-state index contributed by atoms with van der Waals surface area (Å²) in [5, 5.41) is 7.79. The van der Waals surface area contributed by atoms with Gasteiger partial charge in [0.15, 0.2) is 5.82 Å². The van der Waals surface area contributed by atoms with Crippen LogP contribution < -0.4 is 11.1 Å². The number of aryl methyl sites for hydroxylation is 2. The second-order valence-corrected chi connectivity index (χ2v) is 6.40. The molecule has 26 heavy (non-hydrogen) atoms. The maximum Gasteiger partial charge on any atom is 0.249 e. The number of furan rings is 1. The van der Waals surface area contributed by atoms with E-state index >= 15 is 0 Å². The number of carbonyl (C=O) groups excluding carboxylic acids is 1. The lowest BCUT2D eigenvalue weighted by Crippen LogP contribution is -2.31. The SMILES string of the molecule is CC1=C(C(N)=O)C(c2ccc(C)o2)n2nc(-c3ccccc3C)nc2N1. The molecule has 4 rings (SSSR count). The summed E-state index contributed by atoms with van der Waals surface area (Å²) in [5.74, 6) is 1.95. The Morgan fingerprint density at radius 3 is 2.62 bits per heavy atom. The molecule has 0 aliphatic carbocycles. The Kier molecular flexibility index (Phi) is 3.64. The molecule has 1 aliphatic heterocycles. The van der Waals surface area contributed by atoms with Crippen molar-refractivity contribution < 1.29 is 9.21 Å². The summed E-state index contributed by atoms with van der Waals surface area (Å²) >= 11 is 0. The fourth-order valence-corrected chi connectivity index (χ4v) is 3.27. The number of hydrogen-bond donors (Lipinski definition) is 2. The number of allylic oxidation sites excluding steroid dienone is 1. The largest absolute Gasteiger partial charge is 0.464 e. The minimum absolute atomic E-state index is 0.410. The molecule has 7 heteroatoms. The third-order valence-electron chi connectivity index (χ3n) is 4.53. The van der Waals surface area contributed by atoms with Gasteiger partial charge in [-0.3, -0.25) is 4.79 Å². The van der Waals surface area contributed by atoms with Crippen molar-refractivity contribution in [1.82, 2.24) is 14.8 Å². The molecule has 3 heterocycles. The van der Waals surface area contributed by atoms with Crippen molar-refractivity contribution in [2.45, 2.75) is 26.8 Å². The van der Waals surface area contributed by atoms with Gasteiger partial charge in [0, 0.05) is 11.3 Å². The molecule has 3 N–H and O–H groups in total. The van der Waals surface area contributed by atoms with Gasteiger partial charge < -0.3 is 15.5 Å². The van der Waals surface area contributed by atoms with E-state index in [1.807, 2.05) is 50.2 Å². The topological polar surface area (TPSA) is 99.0 Å². The summed E-state index contributed by atoms with van der Waals surface area (Å²) in [4.78, 5) is 16.7. The van der Waals surface area contributed by atoms with Crippen LogP contribution in [-0.2, 0) is 4.79 Å². The average molecular weight is 349 g/mol. The van der Waals surface area contributed by atoms with Crippen LogP contribution in [0.2, 0.25) is 0 Å². The van der Waals surface area contributed by atoms with Crippen molar-refractivity contribution in [3.63, 3.8) is 0 Å². The Hall–Kier alpha value is -3.35. The zero-order chi connectivity index (χ0) is 18.4. The number of rotatable bonds is 3. The molecule has 0 fully saturated rings. The Morgan fingerprint density at radius 2 is 1.96 bits per heavy atom. The molecule has 132 valence electrons. The van der Waals surface area contributed by atoms with Crippen molar-refractivity contribution in [1.29, 1.82) is 0 Å². The van der Waals surface area contributed by atoms with E-state index in [0.29, 0.717) is 28.8 Å². The summed E-state index contributed by atoms with van der Waals surface area (Å²) in [5.41, 5.74) is 8.71. The van der Waals surface area contributed by atoms with Gasteiger partial charge in [-0.05, 0) is 38.5 Å². The van der Waals surface area contributed by atoms with Gasteiger partial charge in [-0.25, -0.2) is 4.68 Å². The van der Waals surface area contributed by atoms with Gasteiger partial charge in [0.2, 0.25) is 11.9 Å². The lowest BCUT2D eigenvalue weighted by Gasteiger charge is -2.25. The molecule has 7 nitrogen and oxygen atoms in total. The summed E-state index contributed by atoms with van der Waals surface area (Å²) < 4.78 is 7.45. The first-order valence-corrected chi connectivity index (χ1v) is 8.32. The number of primary amides is 1. The standard InChI is InChI=1S/C19H19N5O2/c1-10-6-4-5-7-13(10)18-22-19-21-12(3)15(17(20)25)16(24(19)23-18)14-9-8-11(2)26-14/h4-9,16H,1-3H3,(H2,20,25)(H,21,22,23). The molecule has 0 bridgehead atoms. The number of amides is 1. The van der Waals surface area contributed by atoms with E-state index in [9.17, 15) is 4.79 Å². The van der Waals surface area contributed by atoms with Crippen LogP contribution in [0.15, 0.2) is 52.1 Å². The molecule has 0 saturated carbocycles. The van der Waals surface area contributed by atoms with E-state index in [1.165, 1.54) is 0 Å². The van der Waals surface area contributed by atoms with Crippen LogP contribution in [0.25, 0.3) is 11.4 Å². The maximum absolute atomic E-state index is 12.1. The molecule has 1 aliphatic rings. The number of nitrogens with one attached hydrogen (secondary N) is 1. The highest BCUT2D eigenvalue weighted by atomic mass is 16.3. The summed E-state index contributed by atoms with van der Waals surface area (Å²) in [7, 11) is 0. The molecular formula is C19H19N5O2. The van der Waals surface area contributed by atoms with Crippen LogP contribution in [-0.4, -0.2) is 20.7 Å². The zero-order valence-corrected chi connectivity index (χ0v) is 14.8. The van der Waals surface area contributed by atoms with Gasteiger partial charge >= 0.3 is 0 Å². The zero-order valence-electron chi connectivity index (χ0n) is 14.8. The molecule has 3 aromatic rings. The Balaban J connectivity index is 1.90. The van der Waals surface area contributed by atoms with Gasteiger partial charge in [0.05, 0.1) is 5.57 Å². The summed E-state index contributed by atoms with van der Waals surface area (Å²) in [6, 6.07) is 11.0. The highest BCUT2D eigenvalue weighted by Crippen LogP contribution is 2.36. The average Bonchev–Trinajstić information content (AvgIpc) is 3.19. The van der Waals surface area contributed by atoms with Crippen molar-refractivity contribution in [3.05, 3.63) is 64.8 Å². The van der Waals surface area contributed by atoms with Gasteiger partial charge in [0.25, 0.3) is 0 Å². The van der Waals surface area contributed by atoms with E-state index in [2.05, 4.69) is 15.4 Å². The summed E-state index contributed by atoms with van der Waals surface area (Å²) in [6.07, 6.45) is 0. The van der Waals surface area contributed by atoms with Crippen LogP contribution >= 0.6 is 0 Å². The Bertz CT molecular complexity index is 1040. The molecule has 0 spiro atoms. The number of fused-ring (bicyclic) bond motifs is 1. The number of hydrogen-bond acceptors (Lipinski definition) is 5. The number of aromatic nitrogens is 3. The van der Waals surface area contributed by atoms with Crippen LogP contribution in [0.3, 0.4) is 0 Å². The number of nitrogens with zero attached hydrogens (tertiary/aromatic N) is 3. The molecule has 1 aromatic carbocycles. The second kappa shape index (κ2) is 5.87. The molecule has 1 atom stereocenters. The Labute approximate surface area is 150 Å². The van der Waals surface area contributed by atoms with Crippen LogP contribution in [0, 0.1) is 13.8 Å².